The first-order valence-corrected chi connectivity index (χ1v) is 25.5. The van der Waals surface area contributed by atoms with Gasteiger partial charge in [0.05, 0.1) is 4.90 Å². The Morgan fingerprint density at radius 2 is 0.585 bits per heavy atom. The second-order valence-electron chi connectivity index (χ2n) is 17.0. The number of hydrogen-bond acceptors (Lipinski definition) is 2. The van der Waals surface area contributed by atoms with Crippen LogP contribution in [0.4, 0.5) is 0 Å². The van der Waals surface area contributed by atoms with Gasteiger partial charge in [-0.15, -0.1) is 0 Å². The molecule has 312 valence electrons. The smallest absolute Gasteiger partial charge is 0.282 e. The highest BCUT2D eigenvalue weighted by molar-refractivity contribution is 7.85. The van der Waals surface area contributed by atoms with E-state index in [1.165, 1.54) is 263 Å². The van der Waals surface area contributed by atoms with E-state index >= 15 is 0 Å². The summed E-state index contributed by atoms with van der Waals surface area (Å²) in [7, 11) is -4.10. The minimum atomic E-state index is -4.10. The van der Waals surface area contributed by atoms with Crippen molar-refractivity contribution in [1.82, 2.24) is 0 Å². The third-order valence-corrected chi connectivity index (χ3v) is 12.6. The fourth-order valence-electron chi connectivity index (χ4n) is 8.16. The Balaban J connectivity index is 1.65. The Morgan fingerprint density at radius 3 is 0.811 bits per heavy atom. The molecule has 53 heavy (non-hydrogen) atoms. The lowest BCUT2D eigenvalue weighted by molar-refractivity contribution is 0.483. The van der Waals surface area contributed by atoms with Crippen molar-refractivity contribution >= 4 is 10.1 Å². The Morgan fingerprint density at radius 1 is 0.358 bits per heavy atom. The molecule has 0 bridgehead atoms. The van der Waals surface area contributed by atoms with E-state index in [0.717, 1.165) is 18.4 Å². The van der Waals surface area contributed by atoms with Gasteiger partial charge in [0.15, 0.2) is 0 Å². The molecule has 0 unspecified atom stereocenters. The Kier molecular flexibility index (Phi) is 37.3. The zero-order valence-electron chi connectivity index (χ0n) is 35.7. The maximum absolute atomic E-state index is 11.3. The van der Waals surface area contributed by atoms with Crippen LogP contribution in [-0.2, 0) is 16.5 Å². The number of rotatable bonds is 43. The quantitative estimate of drug-likeness (QED) is 0.0533. The molecule has 4 heteroatoms. The summed E-state index contributed by atoms with van der Waals surface area (Å²) in [5.74, 6) is 0. The SMILES string of the molecule is CCCCCCCCCCCCCCCCCCCCCCCCCCCCCCCCCCCCCCCCCCCc1cccc(S(=O)(=O)O)c1. The third-order valence-electron chi connectivity index (χ3n) is 11.8. The topological polar surface area (TPSA) is 54.4 Å². The average Bonchev–Trinajstić information content (AvgIpc) is 3.15. The van der Waals surface area contributed by atoms with Crippen molar-refractivity contribution in [2.45, 2.75) is 281 Å². The molecule has 0 fully saturated rings. The van der Waals surface area contributed by atoms with Crippen molar-refractivity contribution < 1.29 is 13.0 Å². The average molecular weight is 761 g/mol. The van der Waals surface area contributed by atoms with E-state index in [9.17, 15) is 13.0 Å². The van der Waals surface area contributed by atoms with Crippen LogP contribution < -0.4 is 0 Å². The van der Waals surface area contributed by atoms with Crippen molar-refractivity contribution in [3.63, 3.8) is 0 Å². The molecule has 0 radical (unpaired) electrons. The fourth-order valence-corrected chi connectivity index (χ4v) is 8.71. The van der Waals surface area contributed by atoms with Crippen LogP contribution in [-0.4, -0.2) is 13.0 Å². The summed E-state index contributed by atoms with van der Waals surface area (Å²) in [5.41, 5.74) is 0.992. The number of hydrogen-bond donors (Lipinski definition) is 1. The van der Waals surface area contributed by atoms with Crippen molar-refractivity contribution in [3.05, 3.63) is 29.8 Å². The molecule has 0 aromatic heterocycles. The lowest BCUT2D eigenvalue weighted by atomic mass is 10.0. The number of unbranched alkanes of at least 4 members (excludes halogenated alkanes) is 40. The van der Waals surface area contributed by atoms with E-state index in [4.69, 9.17) is 0 Å². The molecule has 1 rings (SSSR count). The first-order chi connectivity index (χ1) is 26.0. The second-order valence-corrected chi connectivity index (χ2v) is 18.4. The van der Waals surface area contributed by atoms with Crippen LogP contribution in [0.2, 0.25) is 0 Å². The molecule has 0 aliphatic heterocycles. The van der Waals surface area contributed by atoms with E-state index in [-0.39, 0.29) is 4.90 Å². The van der Waals surface area contributed by atoms with Gasteiger partial charge >= 0.3 is 0 Å². The molecule has 0 heterocycles. The van der Waals surface area contributed by atoms with Crippen molar-refractivity contribution in [2.75, 3.05) is 0 Å². The molecule has 1 N–H and O–H groups in total. The van der Waals surface area contributed by atoms with Gasteiger partial charge in [-0.2, -0.15) is 8.42 Å². The number of aryl methyl sites for hydroxylation is 1. The molecular formula is C49H92O3S. The lowest BCUT2D eigenvalue weighted by Gasteiger charge is -2.05. The van der Waals surface area contributed by atoms with Crippen LogP contribution >= 0.6 is 0 Å². The molecule has 0 atom stereocenters. The highest BCUT2D eigenvalue weighted by atomic mass is 32.2. The zero-order chi connectivity index (χ0) is 38.2. The highest BCUT2D eigenvalue weighted by Crippen LogP contribution is 2.19. The zero-order valence-corrected chi connectivity index (χ0v) is 36.5. The van der Waals surface area contributed by atoms with Gasteiger partial charge in [-0.25, -0.2) is 0 Å². The molecule has 0 aliphatic carbocycles. The first kappa shape index (κ1) is 50.1. The van der Waals surface area contributed by atoms with Crippen LogP contribution in [0.3, 0.4) is 0 Å². The molecule has 1 aromatic carbocycles. The van der Waals surface area contributed by atoms with Gasteiger partial charge in [0.1, 0.15) is 0 Å². The minimum absolute atomic E-state index is 0.00645. The standard InChI is InChI=1S/C49H92O3S/c1-2-3-4-5-6-7-8-9-10-11-12-13-14-15-16-17-18-19-20-21-22-23-24-25-26-27-28-29-30-31-32-33-34-35-36-37-38-39-40-41-42-44-48-45-43-46-49(47-48)53(50,51)52/h43,45-47H,2-42,44H2,1H3,(H,50,51,52). The third kappa shape index (κ3) is 36.5. The van der Waals surface area contributed by atoms with E-state index in [2.05, 4.69) is 6.92 Å². The minimum Gasteiger partial charge on any atom is -0.282 e. The van der Waals surface area contributed by atoms with Crippen LogP contribution in [0.15, 0.2) is 29.2 Å². The summed E-state index contributed by atoms with van der Waals surface area (Å²) < 4.78 is 31.8. The Hall–Kier alpha value is -0.870. The van der Waals surface area contributed by atoms with Crippen molar-refractivity contribution in [1.29, 1.82) is 0 Å². The van der Waals surface area contributed by atoms with E-state index in [1.807, 2.05) is 6.07 Å². The van der Waals surface area contributed by atoms with E-state index < -0.39 is 10.1 Å². The summed E-state index contributed by atoms with van der Waals surface area (Å²) in [6, 6.07) is 6.71. The Bertz CT molecular complexity index is 974. The summed E-state index contributed by atoms with van der Waals surface area (Å²) in [5, 5.41) is 0. The van der Waals surface area contributed by atoms with Gasteiger partial charge in [-0.3, -0.25) is 4.55 Å². The van der Waals surface area contributed by atoms with Crippen LogP contribution in [0.25, 0.3) is 0 Å². The predicted octanol–water partition coefficient (Wildman–Crippen LogP) is 17.5. The van der Waals surface area contributed by atoms with Gasteiger partial charge in [-0.05, 0) is 30.5 Å². The monoisotopic (exact) mass is 761 g/mol. The lowest BCUT2D eigenvalue weighted by Crippen LogP contribution is -1.98. The predicted molar refractivity (Wildman–Crippen MR) is 235 cm³/mol. The second kappa shape index (κ2) is 39.4. The normalized spacial score (nSPS) is 11.9. The molecule has 3 nitrogen and oxygen atoms in total. The largest absolute Gasteiger partial charge is 0.294 e. The van der Waals surface area contributed by atoms with E-state index in [0.29, 0.717) is 0 Å². The summed E-state index contributed by atoms with van der Waals surface area (Å²) in [4.78, 5) is 0.00645. The van der Waals surface area contributed by atoms with Gasteiger partial charge in [0.25, 0.3) is 10.1 Å². The Labute approximate surface area is 333 Å². The van der Waals surface area contributed by atoms with Crippen molar-refractivity contribution in [3.8, 4) is 0 Å². The molecular weight excluding hydrogens is 669 g/mol. The summed E-state index contributed by atoms with van der Waals surface area (Å²) in [6.45, 7) is 2.31. The summed E-state index contributed by atoms with van der Waals surface area (Å²) >= 11 is 0. The van der Waals surface area contributed by atoms with Gasteiger partial charge in [0.2, 0.25) is 0 Å². The maximum atomic E-state index is 11.3. The number of benzene rings is 1. The molecule has 1 aromatic rings. The van der Waals surface area contributed by atoms with Gasteiger partial charge in [0, 0.05) is 0 Å². The molecule has 0 saturated heterocycles. The fraction of sp³-hybridized carbons (Fsp3) is 0.878. The molecule has 0 aliphatic rings. The van der Waals surface area contributed by atoms with Gasteiger partial charge < -0.3 is 0 Å². The van der Waals surface area contributed by atoms with Gasteiger partial charge in [-0.1, -0.05) is 276 Å². The van der Waals surface area contributed by atoms with E-state index in [1.54, 1.807) is 12.1 Å². The molecule has 0 amide bonds. The summed E-state index contributed by atoms with van der Waals surface area (Å²) in [6.07, 6.45) is 59.6. The maximum Gasteiger partial charge on any atom is 0.294 e. The molecule has 0 spiro atoms. The van der Waals surface area contributed by atoms with Crippen LogP contribution in [0.1, 0.15) is 276 Å². The van der Waals surface area contributed by atoms with Crippen LogP contribution in [0, 0.1) is 0 Å². The van der Waals surface area contributed by atoms with Crippen molar-refractivity contribution in [2.24, 2.45) is 0 Å². The highest BCUT2D eigenvalue weighted by Gasteiger charge is 2.09. The first-order valence-electron chi connectivity index (χ1n) is 24.1. The van der Waals surface area contributed by atoms with Crippen LogP contribution in [0.5, 0.6) is 0 Å². The molecule has 0 saturated carbocycles.